The van der Waals surface area contributed by atoms with E-state index < -0.39 is 41.5 Å². The van der Waals surface area contributed by atoms with E-state index >= 15 is 0 Å². The highest BCUT2D eigenvalue weighted by atomic mass is 127. The monoisotopic (exact) mass is 413 g/mol. The molecule has 0 atom stereocenters. The molecule has 0 aliphatic rings. The van der Waals surface area contributed by atoms with E-state index in [1.54, 1.807) is 0 Å². The Balaban J connectivity index is 3.55. The summed E-state index contributed by atoms with van der Waals surface area (Å²) < 4.78 is 61.1. The third-order valence-electron chi connectivity index (χ3n) is 1.59. The minimum Gasteiger partial charge on any atom is -0.398 e. The Hall–Kier alpha value is -1.22. The number of halogens is 4. The van der Waals surface area contributed by atoms with Gasteiger partial charge in [-0.3, -0.25) is 10.1 Å². The van der Waals surface area contributed by atoms with Crippen LogP contribution >= 0.6 is 22.6 Å². The van der Waals surface area contributed by atoms with Crippen molar-refractivity contribution < 1.29 is 31.2 Å². The summed E-state index contributed by atoms with van der Waals surface area (Å²) in [6, 6.07) is 0.239. The lowest BCUT2D eigenvalue weighted by atomic mass is 10.4. The molecule has 1 heterocycles. The minimum atomic E-state index is -5.23. The van der Waals surface area contributed by atoms with E-state index in [1.165, 1.54) is 22.6 Å². The van der Waals surface area contributed by atoms with Crippen molar-refractivity contribution in [3.63, 3.8) is 0 Å². The van der Waals surface area contributed by atoms with Gasteiger partial charge in [0.2, 0.25) is 5.75 Å². The fourth-order valence-corrected chi connectivity index (χ4v) is 2.35. The fourth-order valence-electron chi connectivity index (χ4n) is 0.978. The number of primary sulfonamides is 1. The highest BCUT2D eigenvalue weighted by Gasteiger charge is 2.37. The van der Waals surface area contributed by atoms with Crippen LogP contribution in [0.25, 0.3) is 0 Å². The zero-order chi connectivity index (χ0) is 15.0. The first kappa shape index (κ1) is 15.8. The summed E-state index contributed by atoms with van der Waals surface area (Å²) in [7, 11) is -4.43. The van der Waals surface area contributed by atoms with Crippen LogP contribution in [0.2, 0.25) is 0 Å². The quantitative estimate of drug-likeness (QED) is 0.343. The van der Waals surface area contributed by atoms with Crippen molar-refractivity contribution in [2.24, 2.45) is 5.14 Å². The molecule has 8 nitrogen and oxygen atoms in total. The third kappa shape index (κ3) is 4.13. The highest BCUT2D eigenvalue weighted by Crippen LogP contribution is 2.35. The number of nitrogens with two attached hydrogens (primary N) is 1. The summed E-state index contributed by atoms with van der Waals surface area (Å²) >= 11 is 1.20. The average molecular weight is 413 g/mol. The average Bonchev–Trinajstić information content (AvgIpc) is 2.11. The molecule has 0 amide bonds. The van der Waals surface area contributed by atoms with Crippen LogP contribution in [0.4, 0.5) is 18.9 Å². The second-order valence-electron chi connectivity index (χ2n) is 2.95. The van der Waals surface area contributed by atoms with Crippen LogP contribution in [-0.4, -0.2) is 24.7 Å². The van der Waals surface area contributed by atoms with Crippen LogP contribution in [0.3, 0.4) is 0 Å². The predicted octanol–water partition coefficient (Wildman–Crippen LogP) is 1.14. The van der Waals surface area contributed by atoms with Crippen LogP contribution in [0.15, 0.2) is 11.1 Å². The minimum absolute atomic E-state index is 0.239. The van der Waals surface area contributed by atoms with Gasteiger partial charge in [0.1, 0.15) is 0 Å². The van der Waals surface area contributed by atoms with Gasteiger partial charge in [-0.1, -0.05) is 0 Å². The predicted molar refractivity (Wildman–Crippen MR) is 61.7 cm³/mol. The van der Waals surface area contributed by atoms with Crippen LogP contribution in [0.5, 0.6) is 5.75 Å². The zero-order valence-electron chi connectivity index (χ0n) is 8.51. The van der Waals surface area contributed by atoms with Crippen molar-refractivity contribution in [2.75, 3.05) is 0 Å². The van der Waals surface area contributed by atoms with Gasteiger partial charge in [-0.2, -0.15) is 0 Å². The van der Waals surface area contributed by atoms with Crippen LogP contribution in [0.1, 0.15) is 0 Å². The van der Waals surface area contributed by atoms with Gasteiger partial charge in [-0.05, 0) is 22.6 Å². The molecule has 2 N–H and O–H groups in total. The highest BCUT2D eigenvalue weighted by molar-refractivity contribution is 14.1. The van der Waals surface area contributed by atoms with E-state index in [0.717, 1.165) is 0 Å². The van der Waals surface area contributed by atoms with Gasteiger partial charge in [0.15, 0.2) is 8.73 Å². The number of hydrogen-bond acceptors (Lipinski definition) is 6. The summed E-state index contributed by atoms with van der Waals surface area (Å²) in [6.45, 7) is 0. The number of nitrogens with zero attached hydrogens (tertiary/aromatic N) is 2. The van der Waals surface area contributed by atoms with Gasteiger partial charge in [-0.25, -0.2) is 18.5 Å². The molecular formula is C6H3F3IN3O5S. The van der Waals surface area contributed by atoms with Gasteiger partial charge >= 0.3 is 12.0 Å². The molecule has 1 rings (SSSR count). The molecule has 0 saturated heterocycles. The SMILES string of the molecule is NS(=O)(=O)c1cc(OC(F)(F)F)c([N+](=O)[O-])c(I)n1. The van der Waals surface area contributed by atoms with Gasteiger partial charge in [-0.15, -0.1) is 13.2 Å². The second kappa shape index (κ2) is 5.04. The third-order valence-corrected chi connectivity index (χ3v) is 3.14. The van der Waals surface area contributed by atoms with Crippen LogP contribution in [0, 0.1) is 13.8 Å². The molecule has 1 aromatic heterocycles. The Morgan fingerprint density at radius 3 is 2.37 bits per heavy atom. The Bertz CT molecular complexity index is 632. The van der Waals surface area contributed by atoms with Crippen molar-refractivity contribution in [1.29, 1.82) is 0 Å². The normalized spacial score (nSPS) is 12.3. The topological polar surface area (TPSA) is 125 Å². The maximum atomic E-state index is 12.1. The lowest BCUT2D eigenvalue weighted by molar-refractivity contribution is -0.390. The standard InChI is InChI=1S/C6H3F3IN3O5S/c7-6(8,9)18-2-1-3(19(11,16)17)12-5(10)4(2)13(14)15/h1H,(H2,11,16,17). The number of rotatable bonds is 3. The summed E-state index contributed by atoms with van der Waals surface area (Å²) in [6.07, 6.45) is -5.23. The van der Waals surface area contributed by atoms with Crippen molar-refractivity contribution in [3.8, 4) is 5.75 Å². The number of hydrogen-bond donors (Lipinski definition) is 1. The van der Waals surface area contributed by atoms with E-state index in [1.807, 2.05) is 0 Å². The van der Waals surface area contributed by atoms with Gasteiger partial charge < -0.3 is 4.74 Å². The van der Waals surface area contributed by atoms with Gasteiger partial charge in [0.25, 0.3) is 10.0 Å². The van der Waals surface area contributed by atoms with Gasteiger partial charge in [0.05, 0.1) is 4.92 Å². The Kier molecular flexibility index (Phi) is 4.20. The number of pyridine rings is 1. The smallest absolute Gasteiger partial charge is 0.398 e. The van der Waals surface area contributed by atoms with E-state index in [4.69, 9.17) is 0 Å². The molecule has 0 aromatic carbocycles. The van der Waals surface area contributed by atoms with E-state index in [0.29, 0.717) is 0 Å². The van der Waals surface area contributed by atoms with E-state index in [2.05, 4.69) is 14.9 Å². The molecule has 106 valence electrons. The van der Waals surface area contributed by atoms with Crippen LogP contribution in [-0.2, 0) is 10.0 Å². The summed E-state index contributed by atoms with van der Waals surface area (Å²) in [5.41, 5.74) is -1.11. The molecule has 19 heavy (non-hydrogen) atoms. The number of alkyl halides is 3. The second-order valence-corrected chi connectivity index (χ2v) is 5.48. The first-order valence-corrected chi connectivity index (χ1v) is 6.68. The molecule has 0 bridgehead atoms. The molecule has 0 unspecified atom stereocenters. The summed E-state index contributed by atoms with van der Waals surface area (Å²) in [5, 5.41) is 14.3. The molecule has 0 aliphatic carbocycles. The Morgan fingerprint density at radius 2 is 2.00 bits per heavy atom. The molecule has 1 aromatic rings. The van der Waals surface area contributed by atoms with Crippen molar-refractivity contribution in [2.45, 2.75) is 11.4 Å². The molecule has 0 radical (unpaired) electrons. The molecule has 0 spiro atoms. The lowest BCUT2D eigenvalue weighted by Crippen LogP contribution is -2.20. The maximum Gasteiger partial charge on any atom is 0.573 e. The number of ether oxygens (including phenoxy) is 1. The molecule has 0 fully saturated rings. The van der Waals surface area contributed by atoms with Crippen molar-refractivity contribution in [1.82, 2.24) is 4.98 Å². The number of aromatic nitrogens is 1. The molecule has 13 heteroatoms. The summed E-state index contributed by atoms with van der Waals surface area (Å²) in [4.78, 5) is 12.7. The first-order chi connectivity index (χ1) is 8.42. The Morgan fingerprint density at radius 1 is 1.47 bits per heavy atom. The largest absolute Gasteiger partial charge is 0.573 e. The zero-order valence-corrected chi connectivity index (χ0v) is 11.5. The maximum absolute atomic E-state index is 12.1. The molecule has 0 aliphatic heterocycles. The van der Waals surface area contributed by atoms with Crippen molar-refractivity contribution >= 4 is 38.3 Å². The number of nitro groups is 1. The van der Waals surface area contributed by atoms with Crippen LogP contribution < -0.4 is 9.88 Å². The van der Waals surface area contributed by atoms with E-state index in [-0.39, 0.29) is 6.07 Å². The first-order valence-electron chi connectivity index (χ1n) is 4.05. The number of sulfonamides is 1. The van der Waals surface area contributed by atoms with E-state index in [9.17, 15) is 31.7 Å². The van der Waals surface area contributed by atoms with Crippen molar-refractivity contribution in [3.05, 3.63) is 19.9 Å². The van der Waals surface area contributed by atoms with Gasteiger partial charge in [0, 0.05) is 6.07 Å². The fraction of sp³-hybridized carbons (Fsp3) is 0.167. The molecule has 0 saturated carbocycles. The Labute approximate surface area is 117 Å². The summed E-state index contributed by atoms with van der Waals surface area (Å²) in [5.74, 6) is -1.30. The lowest BCUT2D eigenvalue weighted by Gasteiger charge is -2.10. The molecular weight excluding hydrogens is 410 g/mol.